The Bertz CT molecular complexity index is 1210. The van der Waals surface area contributed by atoms with Crippen LogP contribution in [0.3, 0.4) is 0 Å². The highest BCUT2D eigenvalue weighted by molar-refractivity contribution is 5.88. The first kappa shape index (κ1) is 28.0. The predicted molar refractivity (Wildman–Crippen MR) is 154 cm³/mol. The summed E-state index contributed by atoms with van der Waals surface area (Å²) in [6, 6.07) is 26.0. The maximum absolute atomic E-state index is 13.7. The number of hydrogen-bond donors (Lipinski definition) is 1. The van der Waals surface area contributed by atoms with Crippen molar-refractivity contribution in [3.8, 4) is 11.5 Å². The van der Waals surface area contributed by atoms with Crippen molar-refractivity contribution in [1.82, 2.24) is 10.2 Å². The van der Waals surface area contributed by atoms with Crippen LogP contribution >= 0.6 is 0 Å². The van der Waals surface area contributed by atoms with Crippen LogP contribution < -0.4 is 14.8 Å². The first-order valence-electron chi connectivity index (χ1n) is 13.7. The van der Waals surface area contributed by atoms with Crippen molar-refractivity contribution in [2.45, 2.75) is 51.1 Å². The van der Waals surface area contributed by atoms with E-state index < -0.39 is 6.04 Å². The third-order valence-corrected chi connectivity index (χ3v) is 7.02. The molecule has 204 valence electrons. The molecule has 1 aliphatic carbocycles. The van der Waals surface area contributed by atoms with Gasteiger partial charge < -0.3 is 19.7 Å². The fourth-order valence-electron chi connectivity index (χ4n) is 4.82. The summed E-state index contributed by atoms with van der Waals surface area (Å²) >= 11 is 0. The number of nitrogens with one attached hydrogen (secondary N) is 1. The first-order chi connectivity index (χ1) is 19.1. The topological polar surface area (TPSA) is 67.9 Å². The molecule has 1 atom stereocenters. The molecule has 4 rings (SSSR count). The number of methoxy groups -OCH3 is 1. The monoisotopic (exact) mass is 526 g/mol. The Morgan fingerprint density at radius 3 is 2.26 bits per heavy atom. The van der Waals surface area contributed by atoms with Crippen LogP contribution in [0.1, 0.15) is 43.2 Å². The third kappa shape index (κ3) is 8.74. The number of rotatable bonds is 13. The van der Waals surface area contributed by atoms with E-state index in [0.29, 0.717) is 18.7 Å². The second kappa shape index (κ2) is 14.8. The quantitative estimate of drug-likeness (QED) is 0.289. The summed E-state index contributed by atoms with van der Waals surface area (Å²) in [5.41, 5.74) is 3.30. The lowest BCUT2D eigenvalue weighted by atomic mass is 9.97. The Labute approximate surface area is 231 Å². The van der Waals surface area contributed by atoms with Gasteiger partial charge >= 0.3 is 0 Å². The van der Waals surface area contributed by atoms with Gasteiger partial charge in [0.25, 0.3) is 5.91 Å². The Balaban J connectivity index is 1.55. The van der Waals surface area contributed by atoms with Crippen molar-refractivity contribution in [1.29, 1.82) is 0 Å². The summed E-state index contributed by atoms with van der Waals surface area (Å²) in [5.74, 6) is 0.942. The zero-order valence-electron chi connectivity index (χ0n) is 22.7. The highest BCUT2D eigenvalue weighted by Crippen LogP contribution is 2.21. The second-order valence-electron chi connectivity index (χ2n) is 9.83. The fraction of sp³-hybridized carbons (Fsp3) is 0.333. The Hall–Kier alpha value is -4.06. The molecular weight excluding hydrogens is 488 g/mol. The molecule has 6 nitrogen and oxygen atoms in total. The van der Waals surface area contributed by atoms with Crippen molar-refractivity contribution in [2.75, 3.05) is 20.3 Å². The molecule has 0 fully saturated rings. The summed E-state index contributed by atoms with van der Waals surface area (Å²) in [6.07, 6.45) is 8.21. The molecule has 3 aromatic carbocycles. The molecule has 0 aromatic heterocycles. The largest absolute Gasteiger partial charge is 0.497 e. The van der Waals surface area contributed by atoms with Gasteiger partial charge in [-0.25, -0.2) is 0 Å². The minimum absolute atomic E-state index is 0.156. The molecule has 0 saturated heterocycles. The normalized spacial score (nSPS) is 13.6. The number of carbonyl (C=O) groups is 2. The number of carbonyl (C=O) groups excluding carboxylic acids is 2. The number of nitrogens with zero attached hydrogens (tertiary/aromatic N) is 1. The molecule has 39 heavy (non-hydrogen) atoms. The van der Waals surface area contributed by atoms with E-state index in [0.717, 1.165) is 36.1 Å². The lowest BCUT2D eigenvalue weighted by Gasteiger charge is -2.31. The van der Waals surface area contributed by atoms with Gasteiger partial charge in [-0.1, -0.05) is 72.3 Å². The Morgan fingerprint density at radius 1 is 0.872 bits per heavy atom. The first-order valence-corrected chi connectivity index (χ1v) is 13.7. The highest BCUT2D eigenvalue weighted by atomic mass is 16.5. The van der Waals surface area contributed by atoms with Gasteiger partial charge in [-0.05, 0) is 67.5 Å². The molecule has 0 heterocycles. The maximum Gasteiger partial charge on any atom is 0.261 e. The summed E-state index contributed by atoms with van der Waals surface area (Å²) in [7, 11) is 1.62. The number of allylic oxidation sites excluding steroid dienone is 1. The average molecular weight is 527 g/mol. The van der Waals surface area contributed by atoms with Crippen LogP contribution in [0.15, 0.2) is 96.6 Å². The van der Waals surface area contributed by atoms with Gasteiger partial charge in [-0.2, -0.15) is 0 Å². The lowest BCUT2D eigenvalue weighted by Crippen LogP contribution is -2.51. The minimum atomic E-state index is -0.693. The van der Waals surface area contributed by atoms with Crippen LogP contribution in [0.5, 0.6) is 11.5 Å². The van der Waals surface area contributed by atoms with Crippen LogP contribution in [0.25, 0.3) is 0 Å². The van der Waals surface area contributed by atoms with Crippen molar-refractivity contribution in [2.24, 2.45) is 0 Å². The Morgan fingerprint density at radius 2 is 1.59 bits per heavy atom. The molecule has 0 unspecified atom stereocenters. The van der Waals surface area contributed by atoms with Crippen LogP contribution in [0, 0.1) is 0 Å². The number of para-hydroxylation sites is 1. The van der Waals surface area contributed by atoms with Gasteiger partial charge in [0.05, 0.1) is 7.11 Å². The van der Waals surface area contributed by atoms with E-state index >= 15 is 0 Å². The molecule has 6 heteroatoms. The molecule has 0 aliphatic heterocycles. The van der Waals surface area contributed by atoms with E-state index in [1.807, 2.05) is 84.9 Å². The number of benzene rings is 3. The van der Waals surface area contributed by atoms with Gasteiger partial charge in [-0.3, -0.25) is 9.59 Å². The van der Waals surface area contributed by atoms with Crippen LogP contribution in [0.2, 0.25) is 0 Å². The summed E-state index contributed by atoms with van der Waals surface area (Å²) in [5, 5.41) is 3.13. The van der Waals surface area contributed by atoms with Crippen LogP contribution in [0.4, 0.5) is 0 Å². The molecule has 2 amide bonds. The molecule has 0 saturated carbocycles. The minimum Gasteiger partial charge on any atom is -0.497 e. The summed E-state index contributed by atoms with van der Waals surface area (Å²) in [4.78, 5) is 29.0. The second-order valence-corrected chi connectivity index (χ2v) is 9.83. The van der Waals surface area contributed by atoms with E-state index in [4.69, 9.17) is 9.47 Å². The highest BCUT2D eigenvalue weighted by Gasteiger charge is 2.30. The van der Waals surface area contributed by atoms with Crippen molar-refractivity contribution in [3.05, 3.63) is 108 Å². The lowest BCUT2D eigenvalue weighted by molar-refractivity contribution is -0.142. The fourth-order valence-corrected chi connectivity index (χ4v) is 4.82. The number of ether oxygens (including phenoxy) is 2. The van der Waals surface area contributed by atoms with E-state index in [9.17, 15) is 9.59 Å². The van der Waals surface area contributed by atoms with Gasteiger partial charge in [-0.15, -0.1) is 0 Å². The maximum atomic E-state index is 13.7. The van der Waals surface area contributed by atoms with E-state index in [2.05, 4.69) is 11.4 Å². The van der Waals surface area contributed by atoms with Gasteiger partial charge in [0.2, 0.25) is 5.91 Å². The van der Waals surface area contributed by atoms with Crippen molar-refractivity contribution in [3.63, 3.8) is 0 Å². The number of hydrogen-bond acceptors (Lipinski definition) is 4. The number of amides is 2. The third-order valence-electron chi connectivity index (χ3n) is 7.02. The smallest absolute Gasteiger partial charge is 0.261 e. The summed E-state index contributed by atoms with van der Waals surface area (Å²) in [6.45, 7) is 0.670. The zero-order chi connectivity index (χ0) is 27.3. The summed E-state index contributed by atoms with van der Waals surface area (Å²) < 4.78 is 11.1. The molecule has 1 aliphatic rings. The standard InChI is InChI=1S/C33H38N2O4/c1-38-29-19-17-28(18-20-29)24-35(32(36)25-39-30-15-9-4-10-16-30)31(23-27-13-7-3-8-14-27)33(37)34-22-21-26-11-5-2-6-12-26/h3-4,7-11,13-20,31H,2,5-6,12,21-25H2,1H3,(H,34,37)/t31-/m0/s1. The molecule has 3 aromatic rings. The van der Waals surface area contributed by atoms with Crippen LogP contribution in [-0.4, -0.2) is 43.0 Å². The van der Waals surface area contributed by atoms with Gasteiger partial charge in [0.15, 0.2) is 6.61 Å². The van der Waals surface area contributed by atoms with E-state index in [1.54, 1.807) is 12.0 Å². The van der Waals surface area contributed by atoms with Crippen molar-refractivity contribution >= 4 is 11.8 Å². The average Bonchev–Trinajstić information content (AvgIpc) is 2.99. The SMILES string of the molecule is COc1ccc(CN(C(=O)COc2ccccc2)[C@@H](Cc2ccccc2)C(=O)NCCC2=CCCCC2)cc1. The van der Waals surface area contributed by atoms with Crippen molar-refractivity contribution < 1.29 is 19.1 Å². The zero-order valence-corrected chi connectivity index (χ0v) is 22.7. The van der Waals surface area contributed by atoms with Gasteiger partial charge in [0.1, 0.15) is 17.5 Å². The molecule has 0 spiro atoms. The van der Waals surface area contributed by atoms with E-state index in [-0.39, 0.29) is 25.0 Å². The Kier molecular flexibility index (Phi) is 10.6. The van der Waals surface area contributed by atoms with E-state index in [1.165, 1.54) is 18.4 Å². The molecular formula is C33H38N2O4. The van der Waals surface area contributed by atoms with Crippen LogP contribution in [-0.2, 0) is 22.6 Å². The molecule has 0 bridgehead atoms. The van der Waals surface area contributed by atoms with Gasteiger partial charge in [0, 0.05) is 19.5 Å². The predicted octanol–water partition coefficient (Wildman–Crippen LogP) is 5.72. The molecule has 0 radical (unpaired) electrons. The molecule has 1 N–H and O–H groups in total.